The molecule has 0 fully saturated rings. The van der Waals surface area contributed by atoms with Crippen molar-refractivity contribution >= 4 is 45.5 Å². The van der Waals surface area contributed by atoms with Crippen molar-refractivity contribution in [2.45, 2.75) is 0 Å². The van der Waals surface area contributed by atoms with Crippen LogP contribution >= 0.6 is 15.9 Å². The molecular weight excluding hydrogens is 129 g/mol. The summed E-state index contributed by atoms with van der Waals surface area (Å²) < 4.78 is 0. The maximum absolute atomic E-state index is 7.24. The Labute approximate surface area is 55.4 Å². The van der Waals surface area contributed by atoms with Crippen LogP contribution in [-0.4, -0.2) is 29.6 Å². The van der Waals surface area contributed by atoms with Gasteiger partial charge in [-0.3, -0.25) is 0 Å². The van der Waals surface area contributed by atoms with Gasteiger partial charge in [-0.1, -0.05) is 0 Å². The van der Waals surface area contributed by atoms with Gasteiger partial charge in [-0.2, -0.15) is 5.26 Å². The van der Waals surface area contributed by atoms with Gasteiger partial charge in [-0.05, 0) is 0 Å². The van der Waals surface area contributed by atoms with E-state index in [0.29, 0.717) is 0 Å². The molecule has 0 rings (SSSR count). The number of rotatable bonds is 0. The summed E-state index contributed by atoms with van der Waals surface area (Å²) in [5, 5.41) is 7.24. The van der Waals surface area contributed by atoms with Gasteiger partial charge in [0.2, 0.25) is 0 Å². The molecule has 1 nitrogen and oxygen atoms in total. The molecule has 0 N–H and O–H groups in total. The van der Waals surface area contributed by atoms with Crippen LogP contribution in [0.15, 0.2) is 0 Å². The second kappa shape index (κ2) is 9.02. The molecule has 0 aromatic rings. The zero-order chi connectivity index (χ0) is 2.71. The van der Waals surface area contributed by atoms with Gasteiger partial charge >= 0.3 is 0 Å². The molecule has 0 atom stereocenters. The average Bonchev–Trinajstić information content (AvgIpc) is 0.918. The number of halogens is 1. The molecule has 0 aromatic carbocycles. The van der Waals surface area contributed by atoms with Crippen molar-refractivity contribution in [3.05, 3.63) is 0 Å². The van der Waals surface area contributed by atoms with Crippen molar-refractivity contribution < 1.29 is 0 Å². The summed E-state index contributed by atoms with van der Waals surface area (Å²) in [6.45, 7) is 0. The first-order chi connectivity index (χ1) is 1.41. The molecule has 17 valence electrons. The van der Waals surface area contributed by atoms with Crippen LogP contribution in [0.25, 0.3) is 0 Å². The monoisotopic (exact) mass is 128 g/mol. The van der Waals surface area contributed by atoms with E-state index in [1.807, 2.05) is 0 Å². The Kier molecular flexibility index (Phi) is 20.0. The zero-order valence-corrected chi connectivity index (χ0v) is 5.91. The fourth-order valence-corrected chi connectivity index (χ4v) is 0. The van der Waals surface area contributed by atoms with Crippen molar-refractivity contribution in [2.75, 3.05) is 0 Å². The largest absolute Gasteiger partial charge is 0.185 e. The molecule has 0 saturated heterocycles. The van der Waals surface area contributed by atoms with Crippen LogP contribution in [0.5, 0.6) is 0 Å². The van der Waals surface area contributed by atoms with Crippen molar-refractivity contribution in [3.63, 3.8) is 0 Å². The van der Waals surface area contributed by atoms with Crippen molar-refractivity contribution in [2.24, 2.45) is 0 Å². The van der Waals surface area contributed by atoms with Crippen LogP contribution in [0.4, 0.5) is 0 Å². The standard InChI is InChI=1S/CBrN.Na/c2-1-3;. The van der Waals surface area contributed by atoms with Gasteiger partial charge < -0.3 is 0 Å². The van der Waals surface area contributed by atoms with E-state index in [1.165, 1.54) is 0 Å². The van der Waals surface area contributed by atoms with Crippen LogP contribution in [0.1, 0.15) is 0 Å². The Hall–Kier alpha value is 0.970. The first-order valence-corrected chi connectivity index (χ1v) is 1.21. The molecule has 3 heteroatoms. The molecule has 0 heterocycles. The Morgan fingerprint density at radius 2 is 1.75 bits per heavy atom. The summed E-state index contributed by atoms with van der Waals surface area (Å²) in [6.07, 6.45) is 0. The fraction of sp³-hybridized carbons (Fsp3) is 0. The molecule has 0 unspecified atom stereocenters. The second-order valence-corrected chi connectivity index (χ2v) is 0.439. The Bertz CT molecular complexity index is 29.5. The molecule has 0 aliphatic heterocycles. The Morgan fingerprint density at radius 3 is 1.75 bits per heavy atom. The number of hydrogen-bond acceptors (Lipinski definition) is 1. The molecular formula is CBrNNa. The first-order valence-electron chi connectivity index (χ1n) is 0.413. The van der Waals surface area contributed by atoms with Crippen LogP contribution in [0.2, 0.25) is 0 Å². The van der Waals surface area contributed by atoms with E-state index >= 15 is 0 Å². The normalized spacial score (nSPS) is 2.00. The average molecular weight is 129 g/mol. The van der Waals surface area contributed by atoms with Crippen LogP contribution in [-0.2, 0) is 0 Å². The quantitative estimate of drug-likeness (QED) is 0.436. The van der Waals surface area contributed by atoms with E-state index in [-0.39, 0.29) is 29.6 Å². The van der Waals surface area contributed by atoms with Crippen molar-refractivity contribution in [1.82, 2.24) is 0 Å². The second-order valence-electron chi connectivity index (χ2n) is 0.0845. The maximum Gasteiger partial charge on any atom is 0.142 e. The fourth-order valence-electron chi connectivity index (χ4n) is 0. The third-order valence-electron chi connectivity index (χ3n) is 0. The minimum Gasteiger partial charge on any atom is -0.185 e. The number of nitrogens with zero attached hydrogens (tertiary/aromatic N) is 1. The van der Waals surface area contributed by atoms with Crippen LogP contribution in [0, 0.1) is 10.2 Å². The van der Waals surface area contributed by atoms with Gasteiger partial charge in [0.1, 0.15) is 4.98 Å². The van der Waals surface area contributed by atoms with E-state index in [0.717, 1.165) is 0 Å². The third kappa shape index (κ3) is 12.3. The SMILES string of the molecule is N#CBr.[Na]. The number of nitriles is 1. The minimum absolute atomic E-state index is 0. The molecule has 0 amide bonds. The smallest absolute Gasteiger partial charge is 0.142 e. The summed E-state index contributed by atoms with van der Waals surface area (Å²) in [7, 11) is 0. The minimum atomic E-state index is 0. The van der Waals surface area contributed by atoms with Crippen LogP contribution in [0.3, 0.4) is 0 Å². The van der Waals surface area contributed by atoms with Crippen molar-refractivity contribution in [3.8, 4) is 4.98 Å². The molecule has 0 aromatic heterocycles. The summed E-state index contributed by atoms with van der Waals surface area (Å²) >= 11 is 2.45. The molecule has 0 bridgehead atoms. The molecule has 0 aliphatic rings. The van der Waals surface area contributed by atoms with E-state index < -0.39 is 0 Å². The van der Waals surface area contributed by atoms with Crippen LogP contribution < -0.4 is 0 Å². The summed E-state index contributed by atoms with van der Waals surface area (Å²) in [4.78, 5) is 1.56. The summed E-state index contributed by atoms with van der Waals surface area (Å²) in [6, 6.07) is 0. The van der Waals surface area contributed by atoms with Gasteiger partial charge in [0.05, 0.1) is 0 Å². The Morgan fingerprint density at radius 1 is 1.75 bits per heavy atom. The van der Waals surface area contributed by atoms with E-state index in [9.17, 15) is 0 Å². The molecule has 0 aliphatic carbocycles. The maximum atomic E-state index is 7.24. The predicted molar refractivity (Wildman–Crippen MR) is 20.3 cm³/mol. The van der Waals surface area contributed by atoms with E-state index in [2.05, 4.69) is 15.9 Å². The third-order valence-corrected chi connectivity index (χ3v) is 0. The number of hydrogen-bond donors (Lipinski definition) is 0. The Balaban J connectivity index is 0. The molecule has 4 heavy (non-hydrogen) atoms. The first kappa shape index (κ1) is 8.88. The van der Waals surface area contributed by atoms with Gasteiger partial charge in [-0.25, -0.2) is 0 Å². The van der Waals surface area contributed by atoms with Gasteiger partial charge in [-0.15, -0.1) is 0 Å². The molecule has 0 spiro atoms. The van der Waals surface area contributed by atoms with Crippen molar-refractivity contribution in [1.29, 1.82) is 5.26 Å². The van der Waals surface area contributed by atoms with Gasteiger partial charge in [0.15, 0.2) is 0 Å². The molecule has 0 saturated carbocycles. The topological polar surface area (TPSA) is 23.8 Å². The zero-order valence-electron chi connectivity index (χ0n) is 2.33. The predicted octanol–water partition coefficient (Wildman–Crippen LogP) is 0.482. The molecule has 1 radical (unpaired) electrons. The van der Waals surface area contributed by atoms with E-state index in [1.54, 1.807) is 4.98 Å². The van der Waals surface area contributed by atoms with Gasteiger partial charge in [0.25, 0.3) is 0 Å². The summed E-state index contributed by atoms with van der Waals surface area (Å²) in [5.41, 5.74) is 0. The summed E-state index contributed by atoms with van der Waals surface area (Å²) in [5.74, 6) is 0. The van der Waals surface area contributed by atoms with Gasteiger partial charge in [0, 0.05) is 45.5 Å². The van der Waals surface area contributed by atoms with E-state index in [4.69, 9.17) is 5.26 Å².